The maximum atomic E-state index is 3.85. The first-order valence-corrected chi connectivity index (χ1v) is 4.95. The summed E-state index contributed by atoms with van der Waals surface area (Å²) < 4.78 is 0. The van der Waals surface area contributed by atoms with Gasteiger partial charge < -0.3 is 11.8 Å². The van der Waals surface area contributed by atoms with Crippen LogP contribution < -0.4 is 18.9 Å². The van der Waals surface area contributed by atoms with E-state index in [-0.39, 0.29) is 18.9 Å². The third kappa shape index (κ3) is 5.25. The second kappa shape index (κ2) is 8.17. The zero-order valence-electron chi connectivity index (χ0n) is 8.52. The van der Waals surface area contributed by atoms with Gasteiger partial charge in [-0.1, -0.05) is 12.8 Å². The summed E-state index contributed by atoms with van der Waals surface area (Å²) in [6.07, 6.45) is 8.05. The van der Waals surface area contributed by atoms with Crippen molar-refractivity contribution in [2.75, 3.05) is 19.6 Å². The SMILES string of the molecule is [CH2-]CCCCN1CCCCC1.[Li+]. The fourth-order valence-corrected chi connectivity index (χ4v) is 1.70. The third-order valence-electron chi connectivity index (χ3n) is 2.42. The molecule has 1 fully saturated rings. The largest absolute Gasteiger partial charge is 1.00 e. The van der Waals surface area contributed by atoms with E-state index < -0.39 is 0 Å². The number of rotatable bonds is 4. The van der Waals surface area contributed by atoms with Crippen molar-refractivity contribution in [1.29, 1.82) is 0 Å². The first-order valence-electron chi connectivity index (χ1n) is 4.95. The van der Waals surface area contributed by atoms with Crippen LogP contribution in [0.5, 0.6) is 0 Å². The van der Waals surface area contributed by atoms with Gasteiger partial charge in [-0.3, -0.25) is 0 Å². The Morgan fingerprint density at radius 1 is 1.00 bits per heavy atom. The fourth-order valence-electron chi connectivity index (χ4n) is 1.70. The van der Waals surface area contributed by atoms with E-state index in [1.165, 1.54) is 51.7 Å². The second-order valence-electron chi connectivity index (χ2n) is 3.46. The summed E-state index contributed by atoms with van der Waals surface area (Å²) >= 11 is 0. The molecular formula is C10H20LiN. The summed E-state index contributed by atoms with van der Waals surface area (Å²) in [5.74, 6) is 0. The van der Waals surface area contributed by atoms with Crippen LogP contribution in [-0.4, -0.2) is 24.5 Å². The molecule has 1 aliphatic heterocycles. The van der Waals surface area contributed by atoms with Crippen molar-refractivity contribution in [2.45, 2.75) is 38.5 Å². The van der Waals surface area contributed by atoms with Crippen LogP contribution in [0.4, 0.5) is 0 Å². The number of piperidine rings is 1. The molecule has 0 aromatic carbocycles. The van der Waals surface area contributed by atoms with Gasteiger partial charge >= 0.3 is 18.9 Å². The van der Waals surface area contributed by atoms with Crippen LogP contribution in [0.1, 0.15) is 38.5 Å². The maximum Gasteiger partial charge on any atom is 1.00 e. The molecule has 0 radical (unpaired) electrons. The van der Waals surface area contributed by atoms with Crippen LogP contribution >= 0.6 is 0 Å². The van der Waals surface area contributed by atoms with Gasteiger partial charge in [0, 0.05) is 0 Å². The molecule has 66 valence electrons. The van der Waals surface area contributed by atoms with Gasteiger partial charge in [-0.15, -0.1) is 0 Å². The quantitative estimate of drug-likeness (QED) is 0.305. The van der Waals surface area contributed by atoms with E-state index in [0.29, 0.717) is 0 Å². The smallest absolute Gasteiger partial charge is 0.343 e. The molecule has 0 aromatic heterocycles. The zero-order valence-corrected chi connectivity index (χ0v) is 8.52. The molecule has 0 bridgehead atoms. The molecule has 1 rings (SSSR count). The summed E-state index contributed by atoms with van der Waals surface area (Å²) in [4.78, 5) is 2.60. The molecule has 0 atom stereocenters. The van der Waals surface area contributed by atoms with Crippen LogP contribution in [0, 0.1) is 6.92 Å². The number of likely N-dealkylation sites (tertiary alicyclic amines) is 1. The Morgan fingerprint density at radius 3 is 2.25 bits per heavy atom. The second-order valence-corrected chi connectivity index (χ2v) is 3.46. The molecule has 1 nitrogen and oxygen atoms in total. The van der Waals surface area contributed by atoms with Gasteiger partial charge in [0.05, 0.1) is 0 Å². The minimum absolute atomic E-state index is 0. The van der Waals surface area contributed by atoms with Gasteiger partial charge in [0.1, 0.15) is 0 Å². The molecule has 0 amide bonds. The van der Waals surface area contributed by atoms with E-state index in [2.05, 4.69) is 11.8 Å². The summed E-state index contributed by atoms with van der Waals surface area (Å²) in [6.45, 7) is 7.85. The topological polar surface area (TPSA) is 3.24 Å². The van der Waals surface area contributed by atoms with E-state index in [1.807, 2.05) is 0 Å². The van der Waals surface area contributed by atoms with Crippen LogP contribution in [0.15, 0.2) is 0 Å². The van der Waals surface area contributed by atoms with E-state index in [1.54, 1.807) is 0 Å². The fraction of sp³-hybridized carbons (Fsp3) is 0.900. The van der Waals surface area contributed by atoms with Gasteiger partial charge in [0.25, 0.3) is 0 Å². The molecule has 1 aliphatic rings. The summed E-state index contributed by atoms with van der Waals surface area (Å²) in [6, 6.07) is 0. The van der Waals surface area contributed by atoms with Crippen molar-refractivity contribution >= 4 is 0 Å². The summed E-state index contributed by atoms with van der Waals surface area (Å²) in [5, 5.41) is 0. The molecule has 0 aromatic rings. The minimum atomic E-state index is 0. The Morgan fingerprint density at radius 2 is 1.67 bits per heavy atom. The zero-order chi connectivity index (χ0) is 7.94. The Kier molecular flexibility index (Phi) is 8.55. The van der Waals surface area contributed by atoms with Crippen molar-refractivity contribution in [2.24, 2.45) is 0 Å². The van der Waals surface area contributed by atoms with Gasteiger partial charge in [-0.25, -0.2) is 0 Å². The van der Waals surface area contributed by atoms with Crippen molar-refractivity contribution in [3.05, 3.63) is 6.92 Å². The first-order chi connectivity index (χ1) is 5.43. The Labute approximate surface area is 89.1 Å². The van der Waals surface area contributed by atoms with Crippen molar-refractivity contribution in [1.82, 2.24) is 4.90 Å². The summed E-state index contributed by atoms with van der Waals surface area (Å²) in [7, 11) is 0. The third-order valence-corrected chi connectivity index (χ3v) is 2.42. The number of unbranched alkanes of at least 4 members (excludes halogenated alkanes) is 2. The standard InChI is InChI=1S/C10H20N.Li/c1-2-3-5-8-11-9-6-4-7-10-11;/h1-10H2;/q-1;+1. The van der Waals surface area contributed by atoms with Crippen LogP contribution in [0.25, 0.3) is 0 Å². The monoisotopic (exact) mass is 161 g/mol. The molecule has 0 spiro atoms. The number of nitrogens with zero attached hydrogens (tertiary/aromatic N) is 1. The van der Waals surface area contributed by atoms with Crippen molar-refractivity contribution in [3.8, 4) is 0 Å². The van der Waals surface area contributed by atoms with Crippen LogP contribution in [-0.2, 0) is 0 Å². The molecular weight excluding hydrogens is 141 g/mol. The molecule has 0 saturated carbocycles. The van der Waals surface area contributed by atoms with E-state index in [4.69, 9.17) is 0 Å². The average Bonchev–Trinajstić information content (AvgIpc) is 2.07. The van der Waals surface area contributed by atoms with Crippen molar-refractivity contribution in [3.63, 3.8) is 0 Å². The van der Waals surface area contributed by atoms with Gasteiger partial charge in [0.2, 0.25) is 0 Å². The molecule has 1 saturated heterocycles. The number of hydrogen-bond donors (Lipinski definition) is 0. The summed E-state index contributed by atoms with van der Waals surface area (Å²) in [5.41, 5.74) is 0. The van der Waals surface area contributed by atoms with E-state index in [0.717, 1.165) is 6.42 Å². The van der Waals surface area contributed by atoms with Crippen LogP contribution in [0.2, 0.25) is 0 Å². The minimum Gasteiger partial charge on any atom is -0.343 e. The van der Waals surface area contributed by atoms with Crippen LogP contribution in [0.3, 0.4) is 0 Å². The molecule has 0 unspecified atom stereocenters. The average molecular weight is 161 g/mol. The van der Waals surface area contributed by atoms with E-state index in [9.17, 15) is 0 Å². The van der Waals surface area contributed by atoms with Gasteiger partial charge in [0.15, 0.2) is 0 Å². The molecule has 1 heterocycles. The van der Waals surface area contributed by atoms with Crippen molar-refractivity contribution < 1.29 is 18.9 Å². The Balaban J connectivity index is 0.00000121. The molecule has 2 heteroatoms. The predicted octanol–water partition coefficient (Wildman–Crippen LogP) is -0.519. The Bertz CT molecular complexity index is 89.8. The van der Waals surface area contributed by atoms with E-state index >= 15 is 0 Å². The normalized spacial score (nSPS) is 18.8. The molecule has 12 heavy (non-hydrogen) atoms. The maximum absolute atomic E-state index is 3.85. The van der Waals surface area contributed by atoms with Gasteiger partial charge in [-0.2, -0.15) is 6.42 Å². The molecule has 0 aliphatic carbocycles. The Hall–Kier alpha value is 0.557. The molecule has 0 N–H and O–H groups in total. The predicted molar refractivity (Wildman–Crippen MR) is 49.5 cm³/mol. The first kappa shape index (κ1) is 12.6. The van der Waals surface area contributed by atoms with Gasteiger partial charge in [-0.05, 0) is 38.9 Å². The number of hydrogen-bond acceptors (Lipinski definition) is 1.